The van der Waals surface area contributed by atoms with Crippen LogP contribution < -0.4 is 5.73 Å². The third-order valence-electron chi connectivity index (χ3n) is 2.19. The van der Waals surface area contributed by atoms with Crippen LogP contribution in [-0.2, 0) is 0 Å². The minimum absolute atomic E-state index is 0.160. The maximum absolute atomic E-state index is 8.79. The lowest BCUT2D eigenvalue weighted by atomic mass is 10.2. The molecule has 0 bridgehead atoms. The predicted molar refractivity (Wildman–Crippen MR) is 52.3 cm³/mol. The van der Waals surface area contributed by atoms with Gasteiger partial charge in [-0.2, -0.15) is 0 Å². The highest BCUT2D eigenvalue weighted by Crippen LogP contribution is 2.14. The van der Waals surface area contributed by atoms with E-state index in [1.807, 2.05) is 30.3 Å². The zero-order valence-electron chi connectivity index (χ0n) is 7.90. The SMILES string of the molecule is CN(CCO)C(CN)c1ccc[nH]1. The van der Waals surface area contributed by atoms with Gasteiger partial charge in [0.1, 0.15) is 0 Å². The summed E-state index contributed by atoms with van der Waals surface area (Å²) in [7, 11) is 1.95. The van der Waals surface area contributed by atoms with Gasteiger partial charge >= 0.3 is 0 Å². The number of nitrogens with two attached hydrogens (primary N) is 1. The van der Waals surface area contributed by atoms with E-state index in [1.54, 1.807) is 0 Å². The second kappa shape index (κ2) is 5.01. The van der Waals surface area contributed by atoms with E-state index in [0.717, 1.165) is 5.69 Å². The van der Waals surface area contributed by atoms with Crippen molar-refractivity contribution in [3.63, 3.8) is 0 Å². The van der Waals surface area contributed by atoms with Crippen molar-refractivity contribution >= 4 is 0 Å². The van der Waals surface area contributed by atoms with Crippen LogP contribution in [0, 0.1) is 0 Å². The van der Waals surface area contributed by atoms with E-state index in [9.17, 15) is 0 Å². The first-order valence-corrected chi connectivity index (χ1v) is 4.44. The minimum Gasteiger partial charge on any atom is -0.395 e. The van der Waals surface area contributed by atoms with Crippen molar-refractivity contribution in [3.05, 3.63) is 24.0 Å². The molecule has 1 unspecified atom stereocenters. The van der Waals surface area contributed by atoms with Crippen LogP contribution in [0.1, 0.15) is 11.7 Å². The number of aromatic amines is 1. The molecule has 0 aromatic carbocycles. The molecule has 1 atom stereocenters. The number of hydrogen-bond acceptors (Lipinski definition) is 3. The first-order chi connectivity index (χ1) is 6.29. The number of nitrogens with zero attached hydrogens (tertiary/aromatic N) is 1. The minimum atomic E-state index is 0.160. The van der Waals surface area contributed by atoms with Gasteiger partial charge in [0.2, 0.25) is 0 Å². The van der Waals surface area contributed by atoms with E-state index in [4.69, 9.17) is 10.8 Å². The molecule has 1 rings (SSSR count). The summed E-state index contributed by atoms with van der Waals surface area (Å²) < 4.78 is 0. The van der Waals surface area contributed by atoms with Gasteiger partial charge in [0, 0.05) is 25.0 Å². The summed E-state index contributed by atoms with van der Waals surface area (Å²) >= 11 is 0. The van der Waals surface area contributed by atoms with Gasteiger partial charge < -0.3 is 15.8 Å². The smallest absolute Gasteiger partial charge is 0.0620 e. The fourth-order valence-electron chi connectivity index (χ4n) is 1.41. The zero-order valence-corrected chi connectivity index (χ0v) is 7.90. The first-order valence-electron chi connectivity index (χ1n) is 4.44. The zero-order chi connectivity index (χ0) is 9.68. The number of likely N-dealkylation sites (N-methyl/N-ethyl adjacent to an activating group) is 1. The molecule has 0 saturated heterocycles. The van der Waals surface area contributed by atoms with E-state index in [1.165, 1.54) is 0 Å². The van der Waals surface area contributed by atoms with Gasteiger partial charge in [-0.3, -0.25) is 4.90 Å². The number of hydrogen-bond donors (Lipinski definition) is 3. The number of aliphatic hydroxyl groups is 1. The highest BCUT2D eigenvalue weighted by atomic mass is 16.3. The van der Waals surface area contributed by atoms with Crippen LogP contribution in [0.15, 0.2) is 18.3 Å². The van der Waals surface area contributed by atoms with Crippen LogP contribution in [-0.4, -0.2) is 41.7 Å². The van der Waals surface area contributed by atoms with Crippen molar-refractivity contribution in [3.8, 4) is 0 Å². The second-order valence-corrected chi connectivity index (χ2v) is 3.08. The van der Waals surface area contributed by atoms with Gasteiger partial charge in [-0.1, -0.05) is 0 Å². The maximum atomic E-state index is 8.79. The fraction of sp³-hybridized carbons (Fsp3) is 0.556. The summed E-state index contributed by atoms with van der Waals surface area (Å²) in [6.45, 7) is 1.35. The van der Waals surface area contributed by atoms with E-state index in [-0.39, 0.29) is 12.6 Å². The van der Waals surface area contributed by atoms with Gasteiger partial charge in [0.25, 0.3) is 0 Å². The predicted octanol–water partition coefficient (Wildman–Crippen LogP) is -0.0614. The van der Waals surface area contributed by atoms with Crippen molar-refractivity contribution in [2.45, 2.75) is 6.04 Å². The Morgan fingerprint density at radius 1 is 1.69 bits per heavy atom. The molecule has 0 fully saturated rings. The molecule has 0 aliphatic carbocycles. The molecule has 1 aromatic rings. The van der Waals surface area contributed by atoms with Gasteiger partial charge in [-0.25, -0.2) is 0 Å². The number of rotatable bonds is 5. The van der Waals surface area contributed by atoms with Crippen LogP contribution in [0.4, 0.5) is 0 Å². The summed E-state index contributed by atoms with van der Waals surface area (Å²) in [5.41, 5.74) is 6.75. The van der Waals surface area contributed by atoms with Crippen LogP contribution in [0.2, 0.25) is 0 Å². The van der Waals surface area contributed by atoms with Gasteiger partial charge in [-0.15, -0.1) is 0 Å². The molecule has 0 aliphatic rings. The normalized spacial score (nSPS) is 13.5. The number of aromatic nitrogens is 1. The molecule has 4 heteroatoms. The van der Waals surface area contributed by atoms with Crippen molar-refractivity contribution in [2.24, 2.45) is 5.73 Å². The lowest BCUT2D eigenvalue weighted by Crippen LogP contribution is -2.32. The molecule has 1 heterocycles. The van der Waals surface area contributed by atoms with Gasteiger partial charge in [-0.05, 0) is 19.2 Å². The Morgan fingerprint density at radius 2 is 2.46 bits per heavy atom. The quantitative estimate of drug-likeness (QED) is 0.599. The second-order valence-electron chi connectivity index (χ2n) is 3.08. The fourth-order valence-corrected chi connectivity index (χ4v) is 1.41. The molecule has 0 radical (unpaired) electrons. The van der Waals surface area contributed by atoms with Crippen molar-refractivity contribution in [1.29, 1.82) is 0 Å². The maximum Gasteiger partial charge on any atom is 0.0620 e. The average molecular weight is 183 g/mol. The molecule has 1 aromatic heterocycles. The standard InChI is InChI=1S/C9H17N3O/c1-12(5-6-13)9(7-10)8-3-2-4-11-8/h2-4,9,11,13H,5-7,10H2,1H3. The summed E-state index contributed by atoms with van der Waals surface area (Å²) in [6.07, 6.45) is 1.88. The lowest BCUT2D eigenvalue weighted by Gasteiger charge is -2.25. The largest absolute Gasteiger partial charge is 0.395 e. The Bertz CT molecular complexity index is 223. The Balaban J connectivity index is 2.62. The van der Waals surface area contributed by atoms with E-state index < -0.39 is 0 Å². The summed E-state index contributed by atoms with van der Waals surface area (Å²) in [4.78, 5) is 5.16. The molecule has 74 valence electrons. The number of aliphatic hydroxyl groups excluding tert-OH is 1. The van der Waals surface area contributed by atoms with Crippen LogP contribution >= 0.6 is 0 Å². The summed E-state index contributed by atoms with van der Waals surface area (Å²) in [6, 6.07) is 4.12. The highest BCUT2D eigenvalue weighted by Gasteiger charge is 2.14. The summed E-state index contributed by atoms with van der Waals surface area (Å²) in [5.74, 6) is 0. The van der Waals surface area contributed by atoms with E-state index in [0.29, 0.717) is 13.1 Å². The van der Waals surface area contributed by atoms with Crippen molar-refractivity contribution < 1.29 is 5.11 Å². The van der Waals surface area contributed by atoms with Crippen LogP contribution in [0.5, 0.6) is 0 Å². The van der Waals surface area contributed by atoms with Crippen LogP contribution in [0.25, 0.3) is 0 Å². The van der Waals surface area contributed by atoms with Crippen molar-refractivity contribution in [1.82, 2.24) is 9.88 Å². The molecule has 13 heavy (non-hydrogen) atoms. The Kier molecular flexibility index (Phi) is 3.95. The summed E-state index contributed by atoms with van der Waals surface area (Å²) in [5, 5.41) is 8.79. The van der Waals surface area contributed by atoms with Gasteiger partial charge in [0.05, 0.1) is 12.6 Å². The highest BCUT2D eigenvalue weighted by molar-refractivity contribution is 5.09. The molecule has 4 N–H and O–H groups in total. The van der Waals surface area contributed by atoms with Crippen LogP contribution in [0.3, 0.4) is 0 Å². The number of nitrogens with one attached hydrogen (secondary N) is 1. The Hall–Kier alpha value is -0.840. The van der Waals surface area contributed by atoms with Gasteiger partial charge in [0.15, 0.2) is 0 Å². The molecule has 0 spiro atoms. The number of H-pyrrole nitrogens is 1. The molecular weight excluding hydrogens is 166 g/mol. The van der Waals surface area contributed by atoms with Crippen molar-refractivity contribution in [2.75, 3.05) is 26.7 Å². The Labute approximate surface area is 78.4 Å². The molecule has 4 nitrogen and oxygen atoms in total. The third-order valence-corrected chi connectivity index (χ3v) is 2.19. The first kappa shape index (κ1) is 10.2. The molecular formula is C9H17N3O. The topological polar surface area (TPSA) is 65.3 Å². The lowest BCUT2D eigenvalue weighted by molar-refractivity contribution is 0.181. The van der Waals surface area contributed by atoms with E-state index in [2.05, 4.69) is 4.98 Å². The third kappa shape index (κ3) is 2.55. The molecule has 0 amide bonds. The van der Waals surface area contributed by atoms with E-state index >= 15 is 0 Å². The molecule has 0 saturated carbocycles. The monoisotopic (exact) mass is 183 g/mol. The average Bonchev–Trinajstić information content (AvgIpc) is 2.59. The Morgan fingerprint density at radius 3 is 2.92 bits per heavy atom. The molecule has 0 aliphatic heterocycles.